The maximum absolute atomic E-state index is 12.7. The number of carbonyl (C=O) groups excluding carboxylic acids is 2. The second kappa shape index (κ2) is 11.0. The summed E-state index contributed by atoms with van der Waals surface area (Å²) in [5, 5.41) is 3.05. The van der Waals surface area contributed by atoms with E-state index in [0.717, 1.165) is 18.5 Å². The zero-order valence-electron chi connectivity index (χ0n) is 15.7. The molecule has 0 aromatic heterocycles. The molecule has 2 rings (SSSR count). The molecule has 5 nitrogen and oxygen atoms in total. The number of carbonyl (C=O) groups is 2. The average Bonchev–Trinajstić information content (AvgIpc) is 2.64. The molecule has 1 heterocycles. The van der Waals surface area contributed by atoms with Crippen molar-refractivity contribution >= 4 is 34.4 Å². The Labute approximate surface area is 160 Å². The van der Waals surface area contributed by atoms with Gasteiger partial charge in [0.2, 0.25) is 11.8 Å². The Hall–Kier alpha value is -1.82. The van der Waals surface area contributed by atoms with Gasteiger partial charge in [0, 0.05) is 19.5 Å². The summed E-state index contributed by atoms with van der Waals surface area (Å²) in [5.74, 6) is -0.0978. The fourth-order valence-electron chi connectivity index (χ4n) is 2.84. The number of hydrogen-bond acceptors (Lipinski definition) is 4. The van der Waals surface area contributed by atoms with Crippen LogP contribution >= 0.6 is 11.8 Å². The van der Waals surface area contributed by atoms with Gasteiger partial charge in [-0.25, -0.2) is 4.99 Å². The molecule has 1 aliphatic rings. The molecule has 0 radical (unpaired) electrons. The predicted molar refractivity (Wildman–Crippen MR) is 109 cm³/mol. The Morgan fingerprint density at radius 3 is 2.62 bits per heavy atom. The molecule has 142 valence electrons. The highest BCUT2D eigenvalue weighted by molar-refractivity contribution is 8.15. The number of unbranched alkanes of at least 4 members (excludes halogenated alkanes) is 4. The number of amides is 2. The fraction of sp³-hybridized carbons (Fsp3) is 0.550. The van der Waals surface area contributed by atoms with Crippen LogP contribution in [-0.4, -0.2) is 40.2 Å². The second-order valence-electron chi connectivity index (χ2n) is 6.39. The zero-order valence-corrected chi connectivity index (χ0v) is 16.6. The third-order valence-electron chi connectivity index (χ3n) is 4.25. The lowest BCUT2D eigenvalue weighted by Gasteiger charge is -2.31. The van der Waals surface area contributed by atoms with Crippen LogP contribution < -0.4 is 5.32 Å². The molecule has 1 atom stereocenters. The van der Waals surface area contributed by atoms with E-state index in [1.165, 1.54) is 31.0 Å². The number of amidine groups is 1. The Balaban J connectivity index is 2.12. The summed E-state index contributed by atoms with van der Waals surface area (Å²) in [6.07, 6.45) is 5.94. The standard InChI is InChI=1S/C20H29N3O2S/c1-3-5-6-7-11-14-23-18(24)15-17(19(25)21-4-2)26-20(23)22-16-12-9-8-10-13-16/h8-10,12-13,17H,3-7,11,14-15H2,1-2H3,(H,21,25). The Bertz CT molecular complexity index is 619. The van der Waals surface area contributed by atoms with Crippen molar-refractivity contribution in [3.8, 4) is 0 Å². The van der Waals surface area contributed by atoms with Crippen LogP contribution in [0.25, 0.3) is 0 Å². The highest BCUT2D eigenvalue weighted by atomic mass is 32.2. The number of para-hydroxylation sites is 1. The van der Waals surface area contributed by atoms with Crippen molar-refractivity contribution in [2.24, 2.45) is 4.99 Å². The van der Waals surface area contributed by atoms with Crippen LogP contribution in [-0.2, 0) is 9.59 Å². The van der Waals surface area contributed by atoms with Gasteiger partial charge in [-0.3, -0.25) is 14.5 Å². The lowest BCUT2D eigenvalue weighted by molar-refractivity contribution is -0.130. The van der Waals surface area contributed by atoms with Crippen LogP contribution in [0.2, 0.25) is 0 Å². The van der Waals surface area contributed by atoms with Crippen LogP contribution in [0.15, 0.2) is 35.3 Å². The Morgan fingerprint density at radius 2 is 1.92 bits per heavy atom. The molecule has 0 bridgehead atoms. The van der Waals surface area contributed by atoms with E-state index in [2.05, 4.69) is 17.2 Å². The molecule has 6 heteroatoms. The summed E-state index contributed by atoms with van der Waals surface area (Å²) < 4.78 is 0. The summed E-state index contributed by atoms with van der Waals surface area (Å²) in [7, 11) is 0. The van der Waals surface area contributed by atoms with E-state index in [0.29, 0.717) is 18.3 Å². The van der Waals surface area contributed by atoms with Crippen molar-refractivity contribution < 1.29 is 9.59 Å². The number of rotatable bonds is 9. The Kier molecular flexibility index (Phi) is 8.68. The van der Waals surface area contributed by atoms with Gasteiger partial charge in [0.05, 0.1) is 10.9 Å². The molecule has 0 aliphatic carbocycles. The monoisotopic (exact) mass is 375 g/mol. The first-order chi connectivity index (χ1) is 12.7. The highest BCUT2D eigenvalue weighted by Gasteiger charge is 2.35. The van der Waals surface area contributed by atoms with Crippen LogP contribution in [0.5, 0.6) is 0 Å². The summed E-state index contributed by atoms with van der Waals surface area (Å²) >= 11 is 1.40. The van der Waals surface area contributed by atoms with Crippen molar-refractivity contribution in [2.45, 2.75) is 57.6 Å². The molecule has 1 aliphatic heterocycles. The molecule has 1 aromatic rings. The molecule has 1 saturated heterocycles. The van der Waals surface area contributed by atoms with Crippen molar-refractivity contribution in [1.29, 1.82) is 0 Å². The topological polar surface area (TPSA) is 61.8 Å². The summed E-state index contributed by atoms with van der Waals surface area (Å²) in [4.78, 5) is 31.3. The number of hydrogen-bond donors (Lipinski definition) is 1. The second-order valence-corrected chi connectivity index (χ2v) is 7.56. The van der Waals surface area contributed by atoms with E-state index >= 15 is 0 Å². The summed E-state index contributed by atoms with van der Waals surface area (Å²) in [5.41, 5.74) is 0.801. The van der Waals surface area contributed by atoms with Crippen molar-refractivity contribution in [3.05, 3.63) is 30.3 Å². The molecule has 1 fully saturated rings. The van der Waals surface area contributed by atoms with Crippen molar-refractivity contribution in [2.75, 3.05) is 13.1 Å². The molecule has 1 aromatic carbocycles. The van der Waals surface area contributed by atoms with Gasteiger partial charge in [-0.1, -0.05) is 62.6 Å². The first-order valence-electron chi connectivity index (χ1n) is 9.54. The van der Waals surface area contributed by atoms with E-state index < -0.39 is 5.25 Å². The minimum absolute atomic E-state index is 0.00910. The average molecular weight is 376 g/mol. The number of benzene rings is 1. The van der Waals surface area contributed by atoms with Gasteiger partial charge in [0.25, 0.3) is 0 Å². The minimum atomic E-state index is -0.402. The largest absolute Gasteiger partial charge is 0.355 e. The maximum atomic E-state index is 12.7. The molecule has 0 saturated carbocycles. The number of aliphatic imine (C=N–C) groups is 1. The Morgan fingerprint density at radius 1 is 1.19 bits per heavy atom. The van der Waals surface area contributed by atoms with Crippen LogP contribution in [0.1, 0.15) is 52.4 Å². The molecule has 26 heavy (non-hydrogen) atoms. The van der Waals surface area contributed by atoms with E-state index in [9.17, 15) is 9.59 Å². The van der Waals surface area contributed by atoms with Gasteiger partial charge in [-0.05, 0) is 25.5 Å². The molecular formula is C20H29N3O2S. The van der Waals surface area contributed by atoms with E-state index in [1.807, 2.05) is 37.3 Å². The van der Waals surface area contributed by atoms with Crippen LogP contribution in [0.4, 0.5) is 5.69 Å². The molecule has 0 spiro atoms. The van der Waals surface area contributed by atoms with Crippen LogP contribution in [0, 0.1) is 0 Å². The lowest BCUT2D eigenvalue weighted by atomic mass is 10.1. The fourth-order valence-corrected chi connectivity index (χ4v) is 3.98. The maximum Gasteiger partial charge on any atom is 0.234 e. The third kappa shape index (κ3) is 6.16. The van der Waals surface area contributed by atoms with Gasteiger partial charge in [-0.2, -0.15) is 0 Å². The third-order valence-corrected chi connectivity index (χ3v) is 5.44. The molecular weight excluding hydrogens is 346 g/mol. The summed E-state index contributed by atoms with van der Waals surface area (Å²) in [6, 6.07) is 9.60. The van der Waals surface area contributed by atoms with E-state index in [-0.39, 0.29) is 18.2 Å². The number of nitrogens with one attached hydrogen (secondary N) is 1. The van der Waals surface area contributed by atoms with Gasteiger partial charge in [0.15, 0.2) is 5.17 Å². The molecule has 2 amide bonds. The van der Waals surface area contributed by atoms with Crippen molar-refractivity contribution in [3.63, 3.8) is 0 Å². The zero-order chi connectivity index (χ0) is 18.8. The van der Waals surface area contributed by atoms with Gasteiger partial charge in [0.1, 0.15) is 0 Å². The summed E-state index contributed by atoms with van der Waals surface area (Å²) in [6.45, 7) is 5.31. The first kappa shape index (κ1) is 20.5. The van der Waals surface area contributed by atoms with Gasteiger partial charge < -0.3 is 5.32 Å². The van der Waals surface area contributed by atoms with Crippen LogP contribution in [0.3, 0.4) is 0 Å². The minimum Gasteiger partial charge on any atom is -0.355 e. The van der Waals surface area contributed by atoms with Crippen molar-refractivity contribution in [1.82, 2.24) is 10.2 Å². The SMILES string of the molecule is CCCCCCCN1C(=O)CC(C(=O)NCC)SC1=Nc1ccccc1. The molecule has 1 N–H and O–H groups in total. The van der Waals surface area contributed by atoms with E-state index in [1.54, 1.807) is 4.90 Å². The van der Waals surface area contributed by atoms with E-state index in [4.69, 9.17) is 0 Å². The number of thioether (sulfide) groups is 1. The smallest absolute Gasteiger partial charge is 0.234 e. The quantitative estimate of drug-likeness (QED) is 0.661. The predicted octanol–water partition coefficient (Wildman–Crippen LogP) is 4.11. The molecule has 1 unspecified atom stereocenters. The highest BCUT2D eigenvalue weighted by Crippen LogP contribution is 2.29. The first-order valence-corrected chi connectivity index (χ1v) is 10.4. The lowest BCUT2D eigenvalue weighted by Crippen LogP contribution is -2.47. The number of nitrogens with zero attached hydrogens (tertiary/aromatic N) is 2. The normalized spacial score (nSPS) is 19.0. The van der Waals surface area contributed by atoms with Gasteiger partial charge in [-0.15, -0.1) is 0 Å². The van der Waals surface area contributed by atoms with Gasteiger partial charge >= 0.3 is 0 Å².